The third-order valence-corrected chi connectivity index (χ3v) is 7.94. The summed E-state index contributed by atoms with van der Waals surface area (Å²) in [6, 6.07) is 17.9. The molecule has 0 bridgehead atoms. The van der Waals surface area contributed by atoms with E-state index in [0.717, 1.165) is 6.42 Å². The van der Waals surface area contributed by atoms with Gasteiger partial charge in [0.2, 0.25) is 0 Å². The Morgan fingerprint density at radius 2 is 1.50 bits per heavy atom. The van der Waals surface area contributed by atoms with Gasteiger partial charge in [0.25, 0.3) is 0 Å². The first kappa shape index (κ1) is 18.2. The molecule has 0 aliphatic heterocycles. The van der Waals surface area contributed by atoms with Gasteiger partial charge >= 0.3 is 0 Å². The molecule has 0 amide bonds. The molecule has 0 aromatic heterocycles. The summed E-state index contributed by atoms with van der Waals surface area (Å²) in [5.74, 6) is 1.66. The van der Waals surface area contributed by atoms with E-state index < -0.39 is 0 Å². The van der Waals surface area contributed by atoms with Gasteiger partial charge in [0.05, 0.1) is 0 Å². The van der Waals surface area contributed by atoms with Crippen LogP contribution in [0.5, 0.6) is 0 Å². The van der Waals surface area contributed by atoms with Crippen molar-refractivity contribution in [2.24, 2.45) is 17.8 Å². The molecule has 1 fully saturated rings. The predicted octanol–water partition coefficient (Wildman–Crippen LogP) is 4.23. The van der Waals surface area contributed by atoms with E-state index >= 15 is 0 Å². The lowest BCUT2D eigenvalue weighted by Gasteiger charge is -2.28. The molecule has 7 rings (SSSR count). The van der Waals surface area contributed by atoms with Crippen LogP contribution in [0.25, 0.3) is 23.3 Å². The second-order valence-corrected chi connectivity index (χ2v) is 9.65. The van der Waals surface area contributed by atoms with Crippen LogP contribution in [0.15, 0.2) is 108 Å². The molecule has 0 saturated heterocycles. The Balaban J connectivity index is 1.42. The van der Waals surface area contributed by atoms with Crippen LogP contribution in [-0.2, 0) is 0 Å². The molecule has 0 N–H and O–H groups in total. The Morgan fingerprint density at radius 1 is 0.688 bits per heavy atom. The van der Waals surface area contributed by atoms with E-state index in [1.54, 1.807) is 11.1 Å². The average Bonchev–Trinajstić information content (AvgIpc) is 3.05. The average molecular weight is 411 g/mol. The van der Waals surface area contributed by atoms with Gasteiger partial charge in [0.1, 0.15) is 0 Å². The van der Waals surface area contributed by atoms with E-state index in [2.05, 4.69) is 103 Å². The number of benzene rings is 2. The molecule has 0 spiro atoms. The standard InChI is InChI=1S/C32H26/c1-2-9-22-18-23-10-5-7-13-29(23)32(28(22)11-3-1)25-16-17-30-26(20-25)19-24-15-14-21-8-4-6-12-27(21)31(24)30/h1-14,16-18,24,26,28H,15,19-20H2/t24?,26-,28?/m0/s1. The summed E-state index contributed by atoms with van der Waals surface area (Å²) in [5.41, 5.74) is 7.67. The van der Waals surface area contributed by atoms with Crippen LogP contribution in [0.4, 0.5) is 0 Å². The highest BCUT2D eigenvalue weighted by molar-refractivity contribution is 5.81. The van der Waals surface area contributed by atoms with Crippen LogP contribution in [0.1, 0.15) is 19.3 Å². The zero-order valence-electron chi connectivity index (χ0n) is 18.2. The summed E-state index contributed by atoms with van der Waals surface area (Å²) in [7, 11) is 0. The Hall–Kier alpha value is -3.38. The molecule has 2 aromatic carbocycles. The predicted molar refractivity (Wildman–Crippen MR) is 134 cm³/mol. The fourth-order valence-corrected chi connectivity index (χ4v) is 6.58. The van der Waals surface area contributed by atoms with E-state index in [1.807, 2.05) is 0 Å². The Labute approximate surface area is 189 Å². The minimum atomic E-state index is 0.339. The van der Waals surface area contributed by atoms with Gasteiger partial charge in [-0.1, -0.05) is 103 Å². The van der Waals surface area contributed by atoms with Crippen molar-refractivity contribution < 1.29 is 0 Å². The molecule has 2 aromatic rings. The summed E-state index contributed by atoms with van der Waals surface area (Å²) >= 11 is 0. The third-order valence-electron chi connectivity index (χ3n) is 7.94. The number of rotatable bonds is 1. The highest BCUT2D eigenvalue weighted by atomic mass is 14.4. The van der Waals surface area contributed by atoms with Gasteiger partial charge in [0.15, 0.2) is 0 Å². The number of hydrogen-bond acceptors (Lipinski definition) is 0. The maximum atomic E-state index is 2.47. The summed E-state index contributed by atoms with van der Waals surface area (Å²) in [6.45, 7) is 0. The van der Waals surface area contributed by atoms with Gasteiger partial charge in [-0.05, 0) is 79.8 Å². The van der Waals surface area contributed by atoms with Crippen LogP contribution in [-0.4, -0.2) is 0 Å². The fourth-order valence-electron chi connectivity index (χ4n) is 6.58. The minimum absolute atomic E-state index is 0.339. The largest absolute Gasteiger partial charge is 0.0760 e. The zero-order chi connectivity index (χ0) is 21.1. The van der Waals surface area contributed by atoms with Crippen LogP contribution in [0, 0.1) is 17.8 Å². The van der Waals surface area contributed by atoms with Crippen LogP contribution in [0.2, 0.25) is 0 Å². The van der Waals surface area contributed by atoms with E-state index in [4.69, 9.17) is 0 Å². The number of fused-ring (bicyclic) bond motifs is 6. The van der Waals surface area contributed by atoms with Crippen molar-refractivity contribution in [1.29, 1.82) is 0 Å². The molecule has 32 heavy (non-hydrogen) atoms. The van der Waals surface area contributed by atoms with Gasteiger partial charge in [0, 0.05) is 5.92 Å². The quantitative estimate of drug-likeness (QED) is 0.660. The van der Waals surface area contributed by atoms with E-state index in [0.29, 0.717) is 17.8 Å². The van der Waals surface area contributed by atoms with Crippen molar-refractivity contribution >= 4 is 23.3 Å². The van der Waals surface area contributed by atoms with Gasteiger partial charge in [-0.25, -0.2) is 0 Å². The molecule has 5 aliphatic carbocycles. The second kappa shape index (κ2) is 7.07. The molecular weight excluding hydrogens is 384 g/mol. The lowest BCUT2D eigenvalue weighted by molar-refractivity contribution is 0.538. The maximum absolute atomic E-state index is 2.47. The lowest BCUT2D eigenvalue weighted by atomic mass is 9.76. The van der Waals surface area contributed by atoms with E-state index in [1.165, 1.54) is 50.4 Å². The van der Waals surface area contributed by atoms with Crippen molar-refractivity contribution in [2.45, 2.75) is 19.3 Å². The normalized spacial score (nSPS) is 26.8. The first-order chi connectivity index (χ1) is 15.9. The van der Waals surface area contributed by atoms with Gasteiger partial charge in [-0.3, -0.25) is 0 Å². The monoisotopic (exact) mass is 410 g/mol. The molecule has 5 aliphatic rings. The number of hydrogen-bond donors (Lipinski definition) is 0. The fraction of sp³-hybridized carbons (Fsp3) is 0.188. The zero-order valence-corrected chi connectivity index (χ0v) is 18.2. The summed E-state index contributed by atoms with van der Waals surface area (Å²) < 4.78 is 0. The molecule has 0 nitrogen and oxygen atoms in total. The topological polar surface area (TPSA) is 0 Å². The molecular formula is C32H26. The molecule has 0 radical (unpaired) electrons. The van der Waals surface area contributed by atoms with Crippen molar-refractivity contribution in [3.8, 4) is 0 Å². The minimum Gasteiger partial charge on any atom is -0.0760 e. The Bertz CT molecular complexity index is 1550. The SMILES string of the molecule is C1=CC=C2C=c3ccccc3=C(C3=CC=C4C5=c6ccccc6=CCC5C[C@H]4C3)C2C=C1. The smallest absolute Gasteiger partial charge is 0.0281 e. The molecule has 154 valence electrons. The summed E-state index contributed by atoms with van der Waals surface area (Å²) in [5, 5.41) is 5.66. The maximum Gasteiger partial charge on any atom is 0.0281 e. The van der Waals surface area contributed by atoms with Crippen molar-refractivity contribution in [1.82, 2.24) is 0 Å². The van der Waals surface area contributed by atoms with Crippen LogP contribution in [0.3, 0.4) is 0 Å². The van der Waals surface area contributed by atoms with E-state index in [9.17, 15) is 0 Å². The summed E-state index contributed by atoms with van der Waals surface area (Å²) in [6.07, 6.45) is 24.6. The molecule has 0 heterocycles. The highest BCUT2D eigenvalue weighted by Crippen LogP contribution is 2.50. The molecule has 2 unspecified atom stereocenters. The van der Waals surface area contributed by atoms with Crippen LogP contribution >= 0.6 is 0 Å². The van der Waals surface area contributed by atoms with Gasteiger partial charge in [-0.15, -0.1) is 0 Å². The van der Waals surface area contributed by atoms with Crippen molar-refractivity contribution in [3.05, 3.63) is 129 Å². The Kier molecular flexibility index (Phi) is 4.02. The number of allylic oxidation sites excluding steroid dienone is 10. The molecule has 3 atom stereocenters. The van der Waals surface area contributed by atoms with Gasteiger partial charge in [-0.2, -0.15) is 0 Å². The van der Waals surface area contributed by atoms with Gasteiger partial charge < -0.3 is 0 Å². The van der Waals surface area contributed by atoms with E-state index in [-0.39, 0.29) is 0 Å². The third kappa shape index (κ3) is 2.69. The molecule has 1 saturated carbocycles. The molecule has 0 heteroatoms. The first-order valence-electron chi connectivity index (χ1n) is 11.9. The van der Waals surface area contributed by atoms with Crippen molar-refractivity contribution in [2.75, 3.05) is 0 Å². The first-order valence-corrected chi connectivity index (χ1v) is 11.9. The highest BCUT2D eigenvalue weighted by Gasteiger charge is 2.37. The lowest BCUT2D eigenvalue weighted by Crippen LogP contribution is -2.34. The second-order valence-electron chi connectivity index (χ2n) is 9.65. The summed E-state index contributed by atoms with van der Waals surface area (Å²) in [4.78, 5) is 0. The van der Waals surface area contributed by atoms with Crippen LogP contribution < -0.4 is 20.9 Å². The Morgan fingerprint density at radius 3 is 2.41 bits per heavy atom. The van der Waals surface area contributed by atoms with Crippen molar-refractivity contribution in [3.63, 3.8) is 0 Å².